The molecule has 0 saturated heterocycles. The Morgan fingerprint density at radius 3 is 1.55 bits per heavy atom. The van der Waals surface area contributed by atoms with Crippen LogP contribution in [0.5, 0.6) is 0 Å². The maximum Gasteiger partial charge on any atom is 0.0929 e. The molecule has 6 N–H and O–H groups in total. The van der Waals surface area contributed by atoms with Gasteiger partial charge < -0.3 is 31.9 Å². The second-order valence-corrected chi connectivity index (χ2v) is 12.2. The SMILES string of the molecule is CCNCCCNCCCNCc1ccc(-c2cc(-c3ccc(CNCCCNCCCNCC(C)C)cc3)nn2C)cc1. The molecule has 0 bridgehead atoms. The van der Waals surface area contributed by atoms with Crippen LogP contribution in [0.2, 0.25) is 0 Å². The fourth-order valence-electron chi connectivity index (χ4n) is 5.10. The number of benzene rings is 2. The number of nitrogens with zero attached hydrogens (tertiary/aromatic N) is 2. The monoisotopic (exact) mass is 604 g/mol. The Kier molecular flexibility index (Phi) is 17.9. The first-order valence-electron chi connectivity index (χ1n) is 17.0. The van der Waals surface area contributed by atoms with E-state index in [1.807, 2.05) is 11.7 Å². The summed E-state index contributed by atoms with van der Waals surface area (Å²) in [5.74, 6) is 0.724. The summed E-state index contributed by atoms with van der Waals surface area (Å²) in [6.07, 6.45) is 4.65. The van der Waals surface area contributed by atoms with Gasteiger partial charge in [0.2, 0.25) is 0 Å². The van der Waals surface area contributed by atoms with Crippen LogP contribution in [-0.2, 0) is 20.1 Å². The molecule has 0 aliphatic carbocycles. The summed E-state index contributed by atoms with van der Waals surface area (Å²) >= 11 is 0. The number of aromatic nitrogens is 2. The van der Waals surface area contributed by atoms with Gasteiger partial charge in [-0.1, -0.05) is 69.3 Å². The van der Waals surface area contributed by atoms with Gasteiger partial charge in [0.25, 0.3) is 0 Å². The molecule has 1 aromatic heterocycles. The summed E-state index contributed by atoms with van der Waals surface area (Å²) in [4.78, 5) is 0. The van der Waals surface area contributed by atoms with Gasteiger partial charge in [-0.3, -0.25) is 4.68 Å². The summed E-state index contributed by atoms with van der Waals surface area (Å²) < 4.78 is 1.99. The van der Waals surface area contributed by atoms with E-state index in [1.54, 1.807) is 0 Å². The fourth-order valence-corrected chi connectivity index (χ4v) is 5.10. The molecule has 3 rings (SSSR count). The number of hydrogen-bond donors (Lipinski definition) is 6. The fraction of sp³-hybridized carbons (Fsp3) is 0.583. The van der Waals surface area contributed by atoms with Crippen molar-refractivity contribution in [3.05, 3.63) is 65.7 Å². The van der Waals surface area contributed by atoms with Crippen LogP contribution < -0.4 is 31.9 Å². The third-order valence-electron chi connectivity index (χ3n) is 7.67. The van der Waals surface area contributed by atoms with Gasteiger partial charge in [-0.2, -0.15) is 5.10 Å². The van der Waals surface area contributed by atoms with Gasteiger partial charge in [0.15, 0.2) is 0 Å². The highest BCUT2D eigenvalue weighted by molar-refractivity contribution is 5.69. The molecule has 0 amide bonds. The lowest BCUT2D eigenvalue weighted by atomic mass is 10.1. The Morgan fingerprint density at radius 1 is 0.591 bits per heavy atom. The molecule has 0 saturated carbocycles. The smallest absolute Gasteiger partial charge is 0.0929 e. The Bertz CT molecular complexity index is 1120. The van der Waals surface area contributed by atoms with Crippen molar-refractivity contribution >= 4 is 0 Å². The zero-order chi connectivity index (χ0) is 31.2. The van der Waals surface area contributed by atoms with Crippen molar-refractivity contribution in [2.24, 2.45) is 13.0 Å². The highest BCUT2D eigenvalue weighted by atomic mass is 15.3. The molecule has 3 aromatic rings. The number of hydrogen-bond acceptors (Lipinski definition) is 7. The topological polar surface area (TPSA) is 90.0 Å². The van der Waals surface area contributed by atoms with E-state index in [1.165, 1.54) is 29.5 Å². The Labute approximate surface area is 267 Å². The van der Waals surface area contributed by atoms with Gasteiger partial charge >= 0.3 is 0 Å². The van der Waals surface area contributed by atoms with E-state index in [0.717, 1.165) is 114 Å². The first-order valence-corrected chi connectivity index (χ1v) is 17.0. The van der Waals surface area contributed by atoms with E-state index in [0.29, 0.717) is 0 Å². The third kappa shape index (κ3) is 14.5. The maximum absolute atomic E-state index is 4.82. The van der Waals surface area contributed by atoms with E-state index in [2.05, 4.69) is 107 Å². The highest BCUT2D eigenvalue weighted by Gasteiger charge is 2.10. The van der Waals surface area contributed by atoms with Crippen molar-refractivity contribution < 1.29 is 0 Å². The molecule has 0 radical (unpaired) electrons. The lowest BCUT2D eigenvalue weighted by Gasteiger charge is -2.09. The Morgan fingerprint density at radius 2 is 1.05 bits per heavy atom. The van der Waals surface area contributed by atoms with Crippen LogP contribution in [0.15, 0.2) is 54.6 Å². The largest absolute Gasteiger partial charge is 0.317 e. The highest BCUT2D eigenvalue weighted by Crippen LogP contribution is 2.26. The van der Waals surface area contributed by atoms with Crippen LogP contribution in [0.3, 0.4) is 0 Å². The number of nitrogens with one attached hydrogen (secondary N) is 6. The average molecular weight is 605 g/mol. The van der Waals surface area contributed by atoms with Crippen LogP contribution in [0.25, 0.3) is 22.5 Å². The van der Waals surface area contributed by atoms with Crippen molar-refractivity contribution in [1.29, 1.82) is 0 Å². The van der Waals surface area contributed by atoms with Crippen LogP contribution in [0, 0.1) is 5.92 Å². The summed E-state index contributed by atoms with van der Waals surface area (Å²) in [5.41, 5.74) is 7.08. The second kappa shape index (κ2) is 22.0. The van der Waals surface area contributed by atoms with Crippen LogP contribution in [-0.4, -0.2) is 75.2 Å². The average Bonchev–Trinajstić information content (AvgIpc) is 3.42. The minimum atomic E-state index is 0.724. The van der Waals surface area contributed by atoms with Gasteiger partial charge in [0, 0.05) is 25.7 Å². The normalized spacial score (nSPS) is 11.6. The lowest BCUT2D eigenvalue weighted by Crippen LogP contribution is -2.26. The van der Waals surface area contributed by atoms with E-state index in [-0.39, 0.29) is 0 Å². The second-order valence-electron chi connectivity index (χ2n) is 12.2. The van der Waals surface area contributed by atoms with Crippen molar-refractivity contribution in [2.75, 3.05) is 65.4 Å². The predicted octanol–water partition coefficient (Wildman–Crippen LogP) is 4.53. The van der Waals surface area contributed by atoms with E-state index in [9.17, 15) is 0 Å². The summed E-state index contributed by atoms with van der Waals surface area (Å²) in [6.45, 7) is 19.1. The molecule has 1 heterocycles. The molecule has 2 aromatic carbocycles. The molecule has 0 unspecified atom stereocenters. The van der Waals surface area contributed by atoms with Crippen molar-refractivity contribution in [3.63, 3.8) is 0 Å². The predicted molar refractivity (Wildman–Crippen MR) is 188 cm³/mol. The molecule has 8 heteroatoms. The summed E-state index contributed by atoms with van der Waals surface area (Å²) in [5, 5.41) is 25.9. The van der Waals surface area contributed by atoms with Gasteiger partial charge in [-0.05, 0) is 120 Å². The first kappa shape index (κ1) is 35.9. The minimum absolute atomic E-state index is 0.724. The number of aryl methyl sites for hydroxylation is 1. The molecule has 0 spiro atoms. The van der Waals surface area contributed by atoms with Gasteiger partial charge in [-0.15, -0.1) is 0 Å². The molecular weight excluding hydrogens is 544 g/mol. The van der Waals surface area contributed by atoms with Crippen LogP contribution in [0.4, 0.5) is 0 Å². The summed E-state index contributed by atoms with van der Waals surface area (Å²) in [6, 6.07) is 19.8. The molecule has 0 aliphatic rings. The standard InChI is InChI=1S/C36H60N8/c1-5-37-18-6-19-38-21-8-25-42-29-32-12-16-34(17-13-32)36-26-35(43-44(36)4)33-14-10-31(11-15-33)28-41-24-9-22-39-20-7-23-40-27-30(2)3/h10-17,26,30,37-42H,5-9,18-25,27-29H2,1-4H3. The van der Waals surface area contributed by atoms with Crippen LogP contribution >= 0.6 is 0 Å². The molecule has 0 aliphatic heterocycles. The van der Waals surface area contributed by atoms with Crippen LogP contribution in [0.1, 0.15) is 57.6 Å². The molecule has 0 atom stereocenters. The van der Waals surface area contributed by atoms with E-state index >= 15 is 0 Å². The molecule has 244 valence electrons. The first-order chi connectivity index (χ1) is 21.6. The molecule has 44 heavy (non-hydrogen) atoms. The zero-order valence-corrected chi connectivity index (χ0v) is 28.0. The van der Waals surface area contributed by atoms with Crippen molar-refractivity contribution in [3.8, 4) is 22.5 Å². The third-order valence-corrected chi connectivity index (χ3v) is 7.67. The van der Waals surface area contributed by atoms with Gasteiger partial charge in [0.1, 0.15) is 0 Å². The maximum atomic E-state index is 4.82. The Hall–Kier alpha value is -2.59. The van der Waals surface area contributed by atoms with Crippen molar-refractivity contribution in [1.82, 2.24) is 41.7 Å². The quantitative estimate of drug-likeness (QED) is 0.0793. The van der Waals surface area contributed by atoms with E-state index in [4.69, 9.17) is 5.10 Å². The zero-order valence-electron chi connectivity index (χ0n) is 28.0. The van der Waals surface area contributed by atoms with Crippen molar-refractivity contribution in [2.45, 2.75) is 59.5 Å². The minimum Gasteiger partial charge on any atom is -0.317 e. The van der Waals surface area contributed by atoms with Gasteiger partial charge in [-0.25, -0.2) is 0 Å². The van der Waals surface area contributed by atoms with Gasteiger partial charge in [0.05, 0.1) is 11.4 Å². The molecular formula is C36H60N8. The molecule has 0 fully saturated rings. The van der Waals surface area contributed by atoms with E-state index < -0.39 is 0 Å². The number of rotatable bonds is 25. The Balaban J connectivity index is 1.31. The summed E-state index contributed by atoms with van der Waals surface area (Å²) in [7, 11) is 2.03. The molecule has 8 nitrogen and oxygen atoms in total. The lowest BCUT2D eigenvalue weighted by molar-refractivity contribution is 0.525.